The molecule has 2 aromatic carbocycles. The second-order valence-corrected chi connectivity index (χ2v) is 5.04. The van der Waals surface area contributed by atoms with Crippen LogP contribution in [-0.4, -0.2) is 11.3 Å². The Morgan fingerprint density at radius 2 is 1.95 bits per heavy atom. The Hall–Kier alpha value is -2.59. The molecule has 3 nitrogen and oxygen atoms in total. The Kier molecular flexibility index (Phi) is 3.94. The van der Waals surface area contributed by atoms with Gasteiger partial charge in [0.2, 0.25) is 0 Å². The quantitative estimate of drug-likeness (QED) is 0.675. The molecule has 5 heteroatoms. The summed E-state index contributed by atoms with van der Waals surface area (Å²) in [5.41, 5.74) is 1.03. The third-order valence-corrected chi connectivity index (χ3v) is 3.24. The molecule has 0 fully saturated rings. The van der Waals surface area contributed by atoms with Crippen LogP contribution in [0.15, 0.2) is 64.0 Å². The van der Waals surface area contributed by atoms with Gasteiger partial charge in [0, 0.05) is 16.7 Å². The SMILES string of the molecule is Oc1cc(Cl)ccc1N=Cc1ccc(-c2cccc(F)c2)o1. The van der Waals surface area contributed by atoms with Gasteiger partial charge in [-0.05, 0) is 36.4 Å². The van der Waals surface area contributed by atoms with Crippen molar-refractivity contribution in [3.05, 3.63) is 71.2 Å². The van der Waals surface area contributed by atoms with E-state index in [2.05, 4.69) is 4.99 Å². The monoisotopic (exact) mass is 315 g/mol. The summed E-state index contributed by atoms with van der Waals surface area (Å²) in [5.74, 6) is 0.700. The number of hydrogen-bond donors (Lipinski definition) is 1. The molecular weight excluding hydrogens is 305 g/mol. The average molecular weight is 316 g/mol. The second-order valence-electron chi connectivity index (χ2n) is 4.60. The summed E-state index contributed by atoms with van der Waals surface area (Å²) < 4.78 is 18.8. The maximum atomic E-state index is 13.2. The highest BCUT2D eigenvalue weighted by atomic mass is 35.5. The van der Waals surface area contributed by atoms with Gasteiger partial charge in [0.15, 0.2) is 0 Å². The molecule has 110 valence electrons. The Morgan fingerprint density at radius 3 is 2.73 bits per heavy atom. The smallest absolute Gasteiger partial charge is 0.145 e. The lowest BCUT2D eigenvalue weighted by Crippen LogP contribution is -1.77. The number of aromatic hydroxyl groups is 1. The Balaban J connectivity index is 1.83. The van der Waals surface area contributed by atoms with Crippen molar-refractivity contribution in [1.82, 2.24) is 0 Å². The molecule has 0 spiro atoms. The van der Waals surface area contributed by atoms with Crippen molar-refractivity contribution in [2.45, 2.75) is 0 Å². The van der Waals surface area contributed by atoms with Gasteiger partial charge in [-0.1, -0.05) is 23.7 Å². The van der Waals surface area contributed by atoms with E-state index in [0.29, 0.717) is 27.8 Å². The van der Waals surface area contributed by atoms with Crippen molar-refractivity contribution in [3.63, 3.8) is 0 Å². The van der Waals surface area contributed by atoms with Crippen LogP contribution >= 0.6 is 11.6 Å². The topological polar surface area (TPSA) is 45.7 Å². The molecule has 0 bridgehead atoms. The number of furan rings is 1. The third-order valence-electron chi connectivity index (χ3n) is 3.00. The van der Waals surface area contributed by atoms with Gasteiger partial charge in [-0.25, -0.2) is 9.38 Å². The first kappa shape index (κ1) is 14.4. The Bertz CT molecular complexity index is 842. The largest absolute Gasteiger partial charge is 0.506 e. The Labute approximate surface area is 131 Å². The van der Waals surface area contributed by atoms with E-state index in [1.54, 1.807) is 36.4 Å². The molecule has 0 saturated heterocycles. The lowest BCUT2D eigenvalue weighted by molar-refractivity contribution is 0.477. The summed E-state index contributed by atoms with van der Waals surface area (Å²) in [6.07, 6.45) is 1.48. The van der Waals surface area contributed by atoms with E-state index in [-0.39, 0.29) is 11.6 Å². The van der Waals surface area contributed by atoms with Crippen molar-refractivity contribution in [2.75, 3.05) is 0 Å². The van der Waals surface area contributed by atoms with Gasteiger partial charge in [0.25, 0.3) is 0 Å². The van der Waals surface area contributed by atoms with Crippen LogP contribution < -0.4 is 0 Å². The molecule has 0 saturated carbocycles. The molecule has 1 N–H and O–H groups in total. The molecule has 3 aromatic rings. The Morgan fingerprint density at radius 1 is 1.09 bits per heavy atom. The summed E-state index contributed by atoms with van der Waals surface area (Å²) in [4.78, 5) is 4.14. The van der Waals surface area contributed by atoms with Gasteiger partial charge in [-0.2, -0.15) is 0 Å². The number of halogens is 2. The first-order chi connectivity index (χ1) is 10.6. The summed E-state index contributed by atoms with van der Waals surface area (Å²) in [6.45, 7) is 0. The van der Waals surface area contributed by atoms with E-state index < -0.39 is 0 Å². The zero-order chi connectivity index (χ0) is 15.5. The van der Waals surface area contributed by atoms with Crippen LogP contribution in [-0.2, 0) is 0 Å². The van der Waals surface area contributed by atoms with Crippen molar-refractivity contribution in [2.24, 2.45) is 4.99 Å². The molecule has 0 amide bonds. The molecule has 1 heterocycles. The molecule has 0 aliphatic carbocycles. The number of phenols is 1. The van der Waals surface area contributed by atoms with Crippen molar-refractivity contribution in [1.29, 1.82) is 0 Å². The highest BCUT2D eigenvalue weighted by molar-refractivity contribution is 6.30. The lowest BCUT2D eigenvalue weighted by Gasteiger charge is -1.98. The fourth-order valence-corrected chi connectivity index (χ4v) is 2.12. The summed E-state index contributed by atoms with van der Waals surface area (Å²) in [5, 5.41) is 10.1. The molecule has 22 heavy (non-hydrogen) atoms. The molecule has 0 aliphatic heterocycles. The number of aliphatic imine (C=N–C) groups is 1. The van der Waals surface area contributed by atoms with Crippen molar-refractivity contribution < 1.29 is 13.9 Å². The van der Waals surface area contributed by atoms with Gasteiger partial charge >= 0.3 is 0 Å². The second kappa shape index (κ2) is 6.03. The van der Waals surface area contributed by atoms with Gasteiger partial charge in [0.1, 0.15) is 28.8 Å². The van der Waals surface area contributed by atoms with Gasteiger partial charge in [-0.15, -0.1) is 0 Å². The van der Waals surface area contributed by atoms with Gasteiger partial charge in [-0.3, -0.25) is 0 Å². The van der Waals surface area contributed by atoms with Crippen LogP contribution in [0.4, 0.5) is 10.1 Å². The zero-order valence-electron chi connectivity index (χ0n) is 11.3. The predicted molar refractivity (Wildman–Crippen MR) is 84.5 cm³/mol. The predicted octanol–water partition coefficient (Wildman–Crippen LogP) is 5.20. The fraction of sp³-hybridized carbons (Fsp3) is 0. The van der Waals surface area contributed by atoms with Gasteiger partial charge in [0.05, 0.1) is 6.21 Å². The van der Waals surface area contributed by atoms with E-state index >= 15 is 0 Å². The van der Waals surface area contributed by atoms with E-state index in [9.17, 15) is 9.50 Å². The van der Waals surface area contributed by atoms with Crippen LogP contribution in [0.1, 0.15) is 5.76 Å². The molecule has 0 radical (unpaired) electrons. The van der Waals surface area contributed by atoms with Crippen LogP contribution in [0.3, 0.4) is 0 Å². The van der Waals surface area contributed by atoms with Crippen LogP contribution in [0.2, 0.25) is 5.02 Å². The molecule has 1 aromatic heterocycles. The van der Waals surface area contributed by atoms with Crippen LogP contribution in [0, 0.1) is 5.82 Å². The maximum absolute atomic E-state index is 13.2. The number of benzene rings is 2. The summed E-state index contributed by atoms with van der Waals surface area (Å²) in [7, 11) is 0. The molecule has 0 aliphatic rings. The summed E-state index contributed by atoms with van der Waals surface area (Å²) >= 11 is 5.76. The number of hydrogen-bond acceptors (Lipinski definition) is 3. The van der Waals surface area contributed by atoms with Crippen molar-refractivity contribution >= 4 is 23.5 Å². The minimum atomic E-state index is -0.324. The van der Waals surface area contributed by atoms with Crippen molar-refractivity contribution in [3.8, 4) is 17.1 Å². The highest BCUT2D eigenvalue weighted by Crippen LogP contribution is 2.29. The van der Waals surface area contributed by atoms with Crippen LogP contribution in [0.25, 0.3) is 11.3 Å². The molecule has 0 unspecified atom stereocenters. The summed E-state index contributed by atoms with van der Waals surface area (Å²) in [6, 6.07) is 14.2. The highest BCUT2D eigenvalue weighted by Gasteiger charge is 2.05. The minimum Gasteiger partial charge on any atom is -0.506 e. The maximum Gasteiger partial charge on any atom is 0.145 e. The van der Waals surface area contributed by atoms with Gasteiger partial charge < -0.3 is 9.52 Å². The standard InChI is InChI=1S/C17H11ClFNO2/c18-12-4-6-15(16(21)9-12)20-10-14-5-7-17(22-14)11-2-1-3-13(19)8-11/h1-10,21H. The minimum absolute atomic E-state index is 0.0133. The van der Waals surface area contributed by atoms with E-state index in [1.807, 2.05) is 0 Å². The van der Waals surface area contributed by atoms with Crippen LogP contribution in [0.5, 0.6) is 5.75 Å². The molecule has 3 rings (SSSR count). The number of nitrogens with zero attached hydrogens (tertiary/aromatic N) is 1. The van der Waals surface area contributed by atoms with E-state index in [0.717, 1.165) is 0 Å². The lowest BCUT2D eigenvalue weighted by atomic mass is 10.2. The molecular formula is C17H11ClFNO2. The third kappa shape index (κ3) is 3.18. The number of phenolic OH excluding ortho intramolecular Hbond substituents is 1. The zero-order valence-corrected chi connectivity index (χ0v) is 12.1. The first-order valence-electron chi connectivity index (χ1n) is 6.50. The van der Waals surface area contributed by atoms with E-state index in [4.69, 9.17) is 16.0 Å². The number of rotatable bonds is 3. The first-order valence-corrected chi connectivity index (χ1v) is 6.88. The van der Waals surface area contributed by atoms with E-state index in [1.165, 1.54) is 24.4 Å². The fourth-order valence-electron chi connectivity index (χ4n) is 1.96. The normalized spacial score (nSPS) is 11.2. The average Bonchev–Trinajstić information content (AvgIpc) is 2.95. The molecule has 0 atom stereocenters.